The van der Waals surface area contributed by atoms with Crippen LogP contribution in [-0.4, -0.2) is 63.4 Å². The largest absolute Gasteiger partial charge is 0.394 e. The number of hydrogen-bond donors (Lipinski definition) is 5. The third-order valence-electron chi connectivity index (χ3n) is 2.55. The molecule has 1 rings (SSSR count). The monoisotopic (exact) mass is 288 g/mol. The molecule has 0 saturated heterocycles. The normalized spacial score (nSPS) is 11.4. The Bertz CT molecular complexity index is 393. The van der Waals surface area contributed by atoms with Crippen molar-refractivity contribution in [2.24, 2.45) is 0 Å². The zero-order valence-electron chi connectivity index (χ0n) is 11.1. The minimum absolute atomic E-state index is 0.408. The Morgan fingerprint density at radius 2 is 1.74 bits per heavy atom. The highest BCUT2D eigenvalue weighted by molar-refractivity contribution is 7.98. The Morgan fingerprint density at radius 3 is 2.21 bits per heavy atom. The number of rotatable bonds is 8. The molecule has 0 bridgehead atoms. The lowest BCUT2D eigenvalue weighted by molar-refractivity contribution is 0.0830. The Kier molecular flexibility index (Phi) is 6.29. The molecule has 0 unspecified atom stereocenters. The van der Waals surface area contributed by atoms with Gasteiger partial charge in [0.1, 0.15) is 17.2 Å². The molecular formula is C11H20N4O3S. The molecule has 0 spiro atoms. The first kappa shape index (κ1) is 16.0. The Balaban J connectivity index is 3.01. The quantitative estimate of drug-likeness (QED) is 0.329. The Morgan fingerprint density at radius 1 is 1.16 bits per heavy atom. The van der Waals surface area contributed by atoms with Gasteiger partial charge < -0.3 is 26.0 Å². The predicted octanol–water partition coefficient (Wildman–Crippen LogP) is -0.242. The summed E-state index contributed by atoms with van der Waals surface area (Å²) < 4.78 is 0. The summed E-state index contributed by atoms with van der Waals surface area (Å²) in [5, 5.41) is 34.4. The third-order valence-corrected chi connectivity index (χ3v) is 3.10. The van der Waals surface area contributed by atoms with Crippen LogP contribution in [0.1, 0.15) is 6.92 Å². The molecule has 7 nitrogen and oxygen atoms in total. The van der Waals surface area contributed by atoms with E-state index in [-0.39, 0.29) is 0 Å². The molecule has 0 aliphatic rings. The Hall–Kier alpha value is -1.09. The van der Waals surface area contributed by atoms with Crippen LogP contribution in [0.4, 0.5) is 11.6 Å². The zero-order valence-corrected chi connectivity index (χ0v) is 11.9. The number of thioether (sulfide) groups is 1. The number of aliphatic hydroxyl groups is 3. The van der Waals surface area contributed by atoms with Crippen molar-refractivity contribution in [3.8, 4) is 0 Å². The third kappa shape index (κ3) is 4.20. The van der Waals surface area contributed by atoms with E-state index in [1.807, 2.05) is 13.2 Å². The van der Waals surface area contributed by atoms with Crippen molar-refractivity contribution in [3.05, 3.63) is 6.07 Å². The van der Waals surface area contributed by atoms with Crippen LogP contribution in [0.5, 0.6) is 0 Å². The molecule has 1 aromatic heterocycles. The molecule has 1 heterocycles. The van der Waals surface area contributed by atoms with E-state index < -0.39 is 25.4 Å². The van der Waals surface area contributed by atoms with Crippen molar-refractivity contribution in [2.45, 2.75) is 17.6 Å². The number of nitrogens with zero attached hydrogens (tertiary/aromatic N) is 2. The minimum Gasteiger partial charge on any atom is -0.394 e. The van der Waals surface area contributed by atoms with Crippen molar-refractivity contribution >= 4 is 23.4 Å². The summed E-state index contributed by atoms with van der Waals surface area (Å²) in [4.78, 5) is 8.49. The molecule has 0 fully saturated rings. The van der Waals surface area contributed by atoms with Gasteiger partial charge in [-0.05, 0) is 13.2 Å². The van der Waals surface area contributed by atoms with Crippen LogP contribution in [0, 0.1) is 0 Å². The molecule has 0 aliphatic carbocycles. The summed E-state index contributed by atoms with van der Waals surface area (Å²) in [5.74, 6) is 1.08. The summed E-state index contributed by atoms with van der Waals surface area (Å²) in [6.07, 6.45) is 1.85. The van der Waals surface area contributed by atoms with E-state index in [1.54, 1.807) is 6.07 Å². The van der Waals surface area contributed by atoms with Gasteiger partial charge in [-0.1, -0.05) is 11.8 Å². The van der Waals surface area contributed by atoms with Crippen LogP contribution in [-0.2, 0) is 0 Å². The maximum absolute atomic E-state index is 9.29. The molecule has 5 N–H and O–H groups in total. The summed E-state index contributed by atoms with van der Waals surface area (Å²) >= 11 is 1.38. The topological polar surface area (TPSA) is 111 Å². The van der Waals surface area contributed by atoms with E-state index in [0.29, 0.717) is 16.8 Å². The molecular weight excluding hydrogens is 268 g/mol. The van der Waals surface area contributed by atoms with Crippen LogP contribution in [0.3, 0.4) is 0 Å². The molecule has 0 amide bonds. The number of aromatic nitrogens is 2. The first-order valence-corrected chi connectivity index (χ1v) is 7.13. The van der Waals surface area contributed by atoms with Crippen molar-refractivity contribution in [1.29, 1.82) is 0 Å². The van der Waals surface area contributed by atoms with E-state index in [4.69, 9.17) is 0 Å². The van der Waals surface area contributed by atoms with Crippen LogP contribution in [0.15, 0.2) is 11.2 Å². The standard InChI is InChI=1S/C11H20N4O3S/c1-3-12-8-4-9(14-10(13-8)19-2)15-11(5-16,6-17)7-18/h4,16-18H,3,5-7H2,1-2H3,(H2,12,13,14,15). The molecule has 8 heteroatoms. The lowest BCUT2D eigenvalue weighted by Crippen LogP contribution is -2.49. The SMILES string of the molecule is CCNc1cc(NC(CO)(CO)CO)nc(SC)n1. The second-order valence-electron chi connectivity index (χ2n) is 4.04. The van der Waals surface area contributed by atoms with Crippen molar-refractivity contribution < 1.29 is 15.3 Å². The van der Waals surface area contributed by atoms with Crippen molar-refractivity contribution in [2.75, 3.05) is 43.3 Å². The van der Waals surface area contributed by atoms with Gasteiger partial charge in [0.15, 0.2) is 5.16 Å². The van der Waals surface area contributed by atoms with Gasteiger partial charge in [-0.25, -0.2) is 9.97 Å². The molecule has 19 heavy (non-hydrogen) atoms. The molecule has 1 aromatic rings. The summed E-state index contributed by atoms with van der Waals surface area (Å²) in [5.41, 5.74) is -1.20. The van der Waals surface area contributed by atoms with E-state index in [0.717, 1.165) is 6.54 Å². The number of hydrogen-bond acceptors (Lipinski definition) is 8. The predicted molar refractivity (Wildman–Crippen MR) is 75.6 cm³/mol. The van der Waals surface area contributed by atoms with Crippen LogP contribution >= 0.6 is 11.8 Å². The van der Waals surface area contributed by atoms with Gasteiger partial charge >= 0.3 is 0 Å². The van der Waals surface area contributed by atoms with E-state index >= 15 is 0 Å². The van der Waals surface area contributed by atoms with Gasteiger partial charge in [0.25, 0.3) is 0 Å². The fourth-order valence-electron chi connectivity index (χ4n) is 1.39. The fourth-order valence-corrected chi connectivity index (χ4v) is 1.77. The average Bonchev–Trinajstić information content (AvgIpc) is 2.45. The zero-order chi connectivity index (χ0) is 14.3. The highest BCUT2D eigenvalue weighted by Gasteiger charge is 2.28. The van der Waals surface area contributed by atoms with Crippen LogP contribution in [0.2, 0.25) is 0 Å². The minimum atomic E-state index is -1.20. The fraction of sp³-hybridized carbons (Fsp3) is 0.636. The molecule has 0 aliphatic heterocycles. The lowest BCUT2D eigenvalue weighted by atomic mass is 10.0. The molecule has 0 atom stereocenters. The van der Waals surface area contributed by atoms with Gasteiger partial charge in [-0.2, -0.15) is 0 Å². The molecule has 0 saturated carbocycles. The van der Waals surface area contributed by atoms with E-state index in [1.165, 1.54) is 11.8 Å². The van der Waals surface area contributed by atoms with Crippen LogP contribution < -0.4 is 10.6 Å². The first-order valence-electron chi connectivity index (χ1n) is 5.90. The van der Waals surface area contributed by atoms with Gasteiger partial charge in [0, 0.05) is 12.6 Å². The number of aliphatic hydroxyl groups excluding tert-OH is 3. The van der Waals surface area contributed by atoms with Crippen LogP contribution in [0.25, 0.3) is 0 Å². The van der Waals surface area contributed by atoms with E-state index in [2.05, 4.69) is 20.6 Å². The smallest absolute Gasteiger partial charge is 0.191 e. The summed E-state index contributed by atoms with van der Waals surface area (Å²) in [6, 6.07) is 1.67. The van der Waals surface area contributed by atoms with Gasteiger partial charge in [-0.3, -0.25) is 0 Å². The lowest BCUT2D eigenvalue weighted by Gasteiger charge is -2.29. The highest BCUT2D eigenvalue weighted by atomic mass is 32.2. The van der Waals surface area contributed by atoms with Gasteiger partial charge in [0.2, 0.25) is 0 Å². The molecule has 108 valence electrons. The van der Waals surface area contributed by atoms with E-state index in [9.17, 15) is 15.3 Å². The van der Waals surface area contributed by atoms with Gasteiger partial charge in [0.05, 0.1) is 19.8 Å². The second kappa shape index (κ2) is 7.49. The summed E-state index contributed by atoms with van der Waals surface area (Å²) in [7, 11) is 0. The second-order valence-corrected chi connectivity index (χ2v) is 4.81. The highest BCUT2D eigenvalue weighted by Crippen LogP contribution is 2.20. The first-order chi connectivity index (χ1) is 9.12. The molecule has 0 radical (unpaired) electrons. The summed E-state index contributed by atoms with van der Waals surface area (Å²) in [6.45, 7) is 1.45. The number of anilines is 2. The molecule has 0 aromatic carbocycles. The number of nitrogens with one attached hydrogen (secondary N) is 2. The Labute approximate surface area is 116 Å². The van der Waals surface area contributed by atoms with Gasteiger partial charge in [-0.15, -0.1) is 0 Å². The maximum atomic E-state index is 9.29. The van der Waals surface area contributed by atoms with Crippen molar-refractivity contribution in [1.82, 2.24) is 9.97 Å². The van der Waals surface area contributed by atoms with Crippen molar-refractivity contribution in [3.63, 3.8) is 0 Å². The maximum Gasteiger partial charge on any atom is 0.191 e. The average molecular weight is 288 g/mol.